The van der Waals surface area contributed by atoms with Crippen LogP contribution >= 0.6 is 7.14 Å². The van der Waals surface area contributed by atoms with E-state index in [1.54, 1.807) is 6.07 Å². The lowest BCUT2D eigenvalue weighted by molar-refractivity contribution is 0.0864. The highest BCUT2D eigenvalue weighted by Crippen LogP contribution is 2.44. The fourth-order valence-electron chi connectivity index (χ4n) is 7.06. The number of fused-ring (bicyclic) bond motifs is 2. The lowest BCUT2D eigenvalue weighted by Crippen LogP contribution is -2.53. The highest BCUT2D eigenvalue weighted by molar-refractivity contribution is 7.85. The molecule has 1 saturated carbocycles. The van der Waals surface area contributed by atoms with Gasteiger partial charge in [0.1, 0.15) is 0 Å². The summed E-state index contributed by atoms with van der Waals surface area (Å²) in [6.07, 6.45) is 3.83. The van der Waals surface area contributed by atoms with Crippen LogP contribution in [0.5, 0.6) is 0 Å². The van der Waals surface area contributed by atoms with Gasteiger partial charge in [0, 0.05) is 33.6 Å². The van der Waals surface area contributed by atoms with Gasteiger partial charge in [-0.15, -0.1) is 0 Å². The van der Waals surface area contributed by atoms with E-state index >= 15 is 4.57 Å². The van der Waals surface area contributed by atoms with Crippen LogP contribution in [0.3, 0.4) is 0 Å². The Balaban J connectivity index is 1.28. The van der Waals surface area contributed by atoms with Crippen LogP contribution in [-0.4, -0.2) is 30.2 Å². The average molecular weight is 651 g/mol. The number of benzene rings is 6. The summed E-state index contributed by atoms with van der Waals surface area (Å²) in [6.45, 7) is 0. The van der Waals surface area contributed by atoms with Gasteiger partial charge in [-0.2, -0.15) is 0 Å². The van der Waals surface area contributed by atoms with Gasteiger partial charge >= 0.3 is 0 Å². The summed E-state index contributed by atoms with van der Waals surface area (Å²) in [5.74, 6) is -0.678. The molecule has 7 rings (SSSR count). The largest absolute Gasteiger partial charge is 0.347 e. The standard InChI is InChI=1S/C41H35N2O4P/c44-27-30-24-23-28-13-7-9-19-33(28)38(30)40(45)42-35-21-11-12-22-36(35)43-41(46)39-34-20-10-8-14-29(34)25-26-37(39)48(47,31-15-3-1-4-16-31)32-17-5-2-6-18-32/h1-10,13-20,23-27,35-36H,11-12,21-22H2,(H,42,45)(H,43,46). The van der Waals surface area contributed by atoms with E-state index in [2.05, 4.69) is 10.6 Å². The number of aldehydes is 1. The van der Waals surface area contributed by atoms with Gasteiger partial charge in [-0.1, -0.05) is 140 Å². The van der Waals surface area contributed by atoms with Crippen molar-refractivity contribution >= 4 is 62.7 Å². The van der Waals surface area contributed by atoms with Crippen molar-refractivity contribution in [2.24, 2.45) is 0 Å². The topological polar surface area (TPSA) is 92.3 Å². The van der Waals surface area contributed by atoms with Crippen molar-refractivity contribution in [2.75, 3.05) is 0 Å². The van der Waals surface area contributed by atoms with Gasteiger partial charge < -0.3 is 15.2 Å². The smallest absolute Gasteiger partial charge is 0.252 e. The summed E-state index contributed by atoms with van der Waals surface area (Å²) in [6, 6.07) is 40.4. The number of nitrogens with one attached hydrogen (secondary N) is 2. The van der Waals surface area contributed by atoms with Crippen molar-refractivity contribution in [2.45, 2.75) is 37.8 Å². The first kappa shape index (κ1) is 31.3. The molecule has 0 saturated heterocycles. The maximum absolute atomic E-state index is 15.5. The summed E-state index contributed by atoms with van der Waals surface area (Å²) in [7, 11) is -3.50. The third-order valence-electron chi connectivity index (χ3n) is 9.43. The first-order chi connectivity index (χ1) is 23.5. The Morgan fingerprint density at radius 2 is 1.02 bits per heavy atom. The molecule has 2 atom stereocenters. The monoisotopic (exact) mass is 650 g/mol. The Labute approximate surface area is 279 Å². The molecule has 6 aromatic rings. The molecule has 0 radical (unpaired) electrons. The van der Waals surface area contributed by atoms with Crippen molar-refractivity contribution in [3.63, 3.8) is 0 Å². The Bertz CT molecular complexity index is 2160. The zero-order valence-corrected chi connectivity index (χ0v) is 27.2. The van der Waals surface area contributed by atoms with E-state index in [1.165, 1.54) is 0 Å². The number of carbonyl (C=O) groups excluding carboxylic acids is 3. The van der Waals surface area contributed by atoms with E-state index in [0.29, 0.717) is 62.5 Å². The van der Waals surface area contributed by atoms with Crippen LogP contribution in [0.4, 0.5) is 0 Å². The predicted octanol–water partition coefficient (Wildman–Crippen LogP) is 6.92. The van der Waals surface area contributed by atoms with Crippen molar-refractivity contribution in [3.05, 3.63) is 150 Å². The fraction of sp³-hybridized carbons (Fsp3) is 0.146. The SMILES string of the molecule is O=Cc1ccc2ccccc2c1C(=O)NC1CCCCC1NC(=O)c1c(P(=O)(c2ccccc2)c2ccccc2)ccc2ccccc12. The molecule has 1 aliphatic carbocycles. The highest BCUT2D eigenvalue weighted by Gasteiger charge is 2.36. The van der Waals surface area contributed by atoms with Crippen LogP contribution in [0.2, 0.25) is 0 Å². The van der Waals surface area contributed by atoms with E-state index in [9.17, 15) is 14.4 Å². The highest BCUT2D eigenvalue weighted by atomic mass is 31.2. The molecule has 0 aliphatic heterocycles. The Morgan fingerprint density at radius 3 is 1.56 bits per heavy atom. The molecule has 0 bridgehead atoms. The van der Waals surface area contributed by atoms with Crippen molar-refractivity contribution in [1.29, 1.82) is 0 Å². The lowest BCUT2D eigenvalue weighted by atomic mass is 9.89. The fourth-order valence-corrected chi connectivity index (χ4v) is 9.92. The van der Waals surface area contributed by atoms with E-state index in [1.807, 2.05) is 127 Å². The van der Waals surface area contributed by atoms with E-state index in [-0.39, 0.29) is 23.9 Å². The molecule has 1 aliphatic rings. The van der Waals surface area contributed by atoms with Gasteiger partial charge in [-0.3, -0.25) is 14.4 Å². The Hall–Kier alpha value is -5.32. The summed E-state index contributed by atoms with van der Waals surface area (Å²) in [5.41, 5.74) is 1.03. The van der Waals surface area contributed by atoms with Crippen LogP contribution in [0.15, 0.2) is 133 Å². The molecular weight excluding hydrogens is 615 g/mol. The van der Waals surface area contributed by atoms with Gasteiger partial charge in [-0.05, 0) is 40.5 Å². The second-order valence-electron chi connectivity index (χ2n) is 12.3. The Kier molecular flexibility index (Phi) is 8.75. The Morgan fingerprint density at radius 1 is 0.562 bits per heavy atom. The molecule has 6 nitrogen and oxygen atoms in total. The number of amides is 2. The first-order valence-electron chi connectivity index (χ1n) is 16.3. The zero-order chi connectivity index (χ0) is 33.1. The first-order valence-corrected chi connectivity index (χ1v) is 18.0. The normalized spacial score (nSPS) is 16.3. The van der Waals surface area contributed by atoms with E-state index in [0.717, 1.165) is 23.6 Å². The molecular formula is C41H35N2O4P. The summed E-state index contributed by atoms with van der Waals surface area (Å²) in [5, 5.41) is 11.3. The van der Waals surface area contributed by atoms with Crippen molar-refractivity contribution < 1.29 is 18.9 Å². The molecule has 0 aromatic heterocycles. The minimum absolute atomic E-state index is 0.320. The summed E-state index contributed by atoms with van der Waals surface area (Å²) in [4.78, 5) is 40.5. The molecule has 238 valence electrons. The van der Waals surface area contributed by atoms with Crippen LogP contribution < -0.4 is 26.5 Å². The van der Waals surface area contributed by atoms with Crippen LogP contribution in [-0.2, 0) is 4.57 Å². The third kappa shape index (κ3) is 5.74. The van der Waals surface area contributed by atoms with Crippen LogP contribution in [0.1, 0.15) is 56.8 Å². The summed E-state index contributed by atoms with van der Waals surface area (Å²) < 4.78 is 15.5. The van der Waals surface area contributed by atoms with Gasteiger partial charge in [0.2, 0.25) is 0 Å². The zero-order valence-electron chi connectivity index (χ0n) is 26.3. The molecule has 2 N–H and O–H groups in total. The van der Waals surface area contributed by atoms with Crippen LogP contribution in [0, 0.1) is 0 Å². The minimum Gasteiger partial charge on any atom is -0.347 e. The molecule has 0 heterocycles. The van der Waals surface area contributed by atoms with E-state index in [4.69, 9.17) is 0 Å². The molecule has 6 aromatic carbocycles. The second kappa shape index (κ2) is 13.4. The molecule has 2 amide bonds. The molecule has 7 heteroatoms. The molecule has 48 heavy (non-hydrogen) atoms. The number of hydrogen-bond donors (Lipinski definition) is 2. The van der Waals surface area contributed by atoms with Gasteiger partial charge in [-0.25, -0.2) is 0 Å². The van der Waals surface area contributed by atoms with E-state index < -0.39 is 7.14 Å². The third-order valence-corrected chi connectivity index (χ3v) is 12.5. The van der Waals surface area contributed by atoms with Gasteiger partial charge in [0.25, 0.3) is 11.8 Å². The molecule has 2 unspecified atom stereocenters. The number of carbonyl (C=O) groups is 3. The second-order valence-corrected chi connectivity index (χ2v) is 15.0. The minimum atomic E-state index is -3.50. The summed E-state index contributed by atoms with van der Waals surface area (Å²) >= 11 is 0. The number of rotatable bonds is 8. The average Bonchev–Trinajstić information content (AvgIpc) is 3.14. The number of hydrogen-bond acceptors (Lipinski definition) is 4. The van der Waals surface area contributed by atoms with Gasteiger partial charge in [0.15, 0.2) is 13.4 Å². The maximum atomic E-state index is 15.5. The van der Waals surface area contributed by atoms with Crippen LogP contribution in [0.25, 0.3) is 21.5 Å². The lowest BCUT2D eigenvalue weighted by Gasteiger charge is -2.33. The van der Waals surface area contributed by atoms with Crippen molar-refractivity contribution in [3.8, 4) is 0 Å². The predicted molar refractivity (Wildman–Crippen MR) is 194 cm³/mol. The maximum Gasteiger partial charge on any atom is 0.252 e. The molecule has 0 spiro atoms. The van der Waals surface area contributed by atoms with Gasteiger partial charge in [0.05, 0.1) is 11.1 Å². The quantitative estimate of drug-likeness (QED) is 0.138. The van der Waals surface area contributed by atoms with Crippen molar-refractivity contribution in [1.82, 2.24) is 10.6 Å². The molecule has 1 fully saturated rings.